The number of carboxylic acid groups (broad SMARTS) is 2. The van der Waals surface area contributed by atoms with Crippen molar-refractivity contribution in [2.45, 2.75) is 78.0 Å². The number of hydrogen-bond donors (Lipinski definition) is 6. The fourth-order valence-corrected chi connectivity index (χ4v) is 2.41. The third-order valence-electron chi connectivity index (χ3n) is 4.95. The van der Waals surface area contributed by atoms with E-state index in [0.29, 0.717) is 12.8 Å². The molecule has 0 heterocycles. The molecule has 0 aromatic rings. The first-order valence-electron chi connectivity index (χ1n) is 10.6. The lowest BCUT2D eigenvalue weighted by atomic mass is 10.1. The smallest absolute Gasteiger partial charge is 0.305 e. The van der Waals surface area contributed by atoms with Crippen LogP contribution in [0.15, 0.2) is 0 Å². The second kappa shape index (κ2) is 15.5. The van der Waals surface area contributed by atoms with Gasteiger partial charge in [0.25, 0.3) is 11.8 Å². The third-order valence-corrected chi connectivity index (χ3v) is 4.95. The van der Waals surface area contributed by atoms with E-state index in [0.717, 1.165) is 0 Å². The Bertz CT molecular complexity index is 563. The summed E-state index contributed by atoms with van der Waals surface area (Å²) in [5.41, 5.74) is 0. The normalized spacial score (nSPS) is 16.8. The summed E-state index contributed by atoms with van der Waals surface area (Å²) in [6.45, 7) is 6.78. The van der Waals surface area contributed by atoms with Crippen LogP contribution in [0.3, 0.4) is 0 Å². The molecule has 6 atom stereocenters. The van der Waals surface area contributed by atoms with Crippen molar-refractivity contribution < 1.29 is 49.1 Å². The lowest BCUT2D eigenvalue weighted by molar-refractivity contribution is -0.153. The number of carbonyl (C=O) groups excluding carboxylic acids is 2. The average molecular weight is 465 g/mol. The van der Waals surface area contributed by atoms with Crippen molar-refractivity contribution in [2.24, 2.45) is 11.8 Å². The van der Waals surface area contributed by atoms with Crippen LogP contribution in [0.1, 0.15) is 53.4 Å². The molecule has 186 valence electrons. The van der Waals surface area contributed by atoms with Crippen LogP contribution in [0.4, 0.5) is 0 Å². The average Bonchev–Trinajstić information content (AvgIpc) is 2.74. The molecule has 0 aliphatic rings. The Morgan fingerprint density at radius 2 is 1.03 bits per heavy atom. The maximum atomic E-state index is 12.3. The van der Waals surface area contributed by atoms with Crippen LogP contribution < -0.4 is 10.6 Å². The van der Waals surface area contributed by atoms with E-state index in [2.05, 4.69) is 10.6 Å². The van der Waals surface area contributed by atoms with E-state index in [1.165, 1.54) is 0 Å². The minimum atomic E-state index is -2.12. The van der Waals surface area contributed by atoms with Crippen LogP contribution in [0.5, 0.6) is 0 Å². The van der Waals surface area contributed by atoms with Crippen LogP contribution >= 0.6 is 0 Å². The number of carboxylic acids is 2. The van der Waals surface area contributed by atoms with Gasteiger partial charge < -0.3 is 40.5 Å². The Morgan fingerprint density at radius 3 is 1.28 bits per heavy atom. The van der Waals surface area contributed by atoms with Crippen molar-refractivity contribution >= 4 is 23.8 Å². The minimum absolute atomic E-state index is 0.173. The Balaban J connectivity index is 5.00. The molecule has 2 amide bonds. The van der Waals surface area contributed by atoms with Gasteiger partial charge in [0.2, 0.25) is 0 Å². The summed E-state index contributed by atoms with van der Waals surface area (Å²) in [7, 11) is 0. The monoisotopic (exact) mass is 464 g/mol. The van der Waals surface area contributed by atoms with Gasteiger partial charge >= 0.3 is 11.9 Å². The predicted octanol–water partition coefficient (Wildman–Crippen LogP) is -0.332. The number of carbonyl (C=O) groups is 4. The molecule has 0 radical (unpaired) electrons. The molecule has 0 rings (SSSR count). The second-order valence-electron chi connectivity index (χ2n) is 7.55. The summed E-state index contributed by atoms with van der Waals surface area (Å²) in [5.74, 6) is -4.76. The number of ether oxygens (including phenoxy) is 2. The lowest BCUT2D eigenvalue weighted by Gasteiger charge is -2.28. The molecule has 6 N–H and O–H groups in total. The highest BCUT2D eigenvalue weighted by atomic mass is 16.5. The summed E-state index contributed by atoms with van der Waals surface area (Å²) in [6.07, 6.45) is -5.52. The van der Waals surface area contributed by atoms with E-state index in [1.807, 2.05) is 13.8 Å². The van der Waals surface area contributed by atoms with Gasteiger partial charge in [-0.1, -0.05) is 27.7 Å². The Kier molecular flexibility index (Phi) is 14.4. The molecule has 0 aliphatic carbocycles. The number of amides is 2. The first kappa shape index (κ1) is 29.7. The molecule has 0 fully saturated rings. The zero-order valence-electron chi connectivity index (χ0n) is 18.9. The molecule has 12 heteroatoms. The van der Waals surface area contributed by atoms with Crippen LogP contribution in [0, 0.1) is 11.8 Å². The SMILES string of the molecule is CCC(C)C(NC(=O)[C@@H](O)[C@H](O)C(=O)NC(OCCC(=O)O)C(C)CC)OCCC(=O)O. The van der Waals surface area contributed by atoms with Crippen molar-refractivity contribution in [3.05, 3.63) is 0 Å². The number of aliphatic carboxylic acids is 2. The van der Waals surface area contributed by atoms with Crippen molar-refractivity contribution in [1.29, 1.82) is 0 Å². The summed E-state index contributed by atoms with van der Waals surface area (Å²) >= 11 is 0. The minimum Gasteiger partial charge on any atom is -0.481 e. The van der Waals surface area contributed by atoms with E-state index in [9.17, 15) is 29.4 Å². The quantitative estimate of drug-likeness (QED) is 0.155. The number of nitrogens with one attached hydrogen (secondary N) is 2. The third kappa shape index (κ3) is 11.4. The Labute approximate surface area is 187 Å². The van der Waals surface area contributed by atoms with Gasteiger partial charge in [-0.25, -0.2) is 0 Å². The van der Waals surface area contributed by atoms with Gasteiger partial charge in [-0.2, -0.15) is 0 Å². The lowest BCUT2D eigenvalue weighted by Crippen LogP contribution is -2.55. The first-order chi connectivity index (χ1) is 14.9. The van der Waals surface area contributed by atoms with Crippen LogP contribution in [-0.2, 0) is 28.7 Å². The van der Waals surface area contributed by atoms with Crippen LogP contribution in [0.2, 0.25) is 0 Å². The van der Waals surface area contributed by atoms with Gasteiger partial charge in [-0.3, -0.25) is 19.2 Å². The highest BCUT2D eigenvalue weighted by Crippen LogP contribution is 2.12. The summed E-state index contributed by atoms with van der Waals surface area (Å²) in [6, 6.07) is 0. The van der Waals surface area contributed by atoms with Crippen molar-refractivity contribution in [3.63, 3.8) is 0 Å². The van der Waals surface area contributed by atoms with Gasteiger partial charge in [0, 0.05) is 11.8 Å². The molecule has 4 unspecified atom stereocenters. The molecule has 12 nitrogen and oxygen atoms in total. The standard InChI is InChI=1S/C20H36N2O10/c1-5-11(3)19(31-9-7-13(23)24)21-17(29)15(27)16(28)18(30)22-20(12(4)6-2)32-10-8-14(25)26/h11-12,15-16,19-20,27-28H,5-10H2,1-4H3,(H,21,29)(H,22,30)(H,23,24)(H,25,26)/t11?,12?,15-,16-,19?,20?/m0/s1. The van der Waals surface area contributed by atoms with E-state index >= 15 is 0 Å². The maximum Gasteiger partial charge on any atom is 0.305 e. The van der Waals surface area contributed by atoms with Gasteiger partial charge in [0.1, 0.15) is 12.5 Å². The largest absolute Gasteiger partial charge is 0.481 e. The van der Waals surface area contributed by atoms with Gasteiger partial charge in [0.15, 0.2) is 12.2 Å². The molecule has 0 saturated carbocycles. The molecule has 0 bridgehead atoms. The van der Waals surface area contributed by atoms with E-state index < -0.39 is 48.4 Å². The number of aliphatic hydroxyl groups is 2. The number of hydrogen-bond acceptors (Lipinski definition) is 8. The molecule has 0 aromatic carbocycles. The van der Waals surface area contributed by atoms with E-state index in [4.69, 9.17) is 19.7 Å². The molecule has 0 aliphatic heterocycles. The Morgan fingerprint density at radius 1 is 0.719 bits per heavy atom. The Hall–Kier alpha value is -2.28. The van der Waals surface area contributed by atoms with Crippen molar-refractivity contribution in [2.75, 3.05) is 13.2 Å². The van der Waals surface area contributed by atoms with Gasteiger partial charge in [0.05, 0.1) is 26.1 Å². The maximum absolute atomic E-state index is 12.3. The van der Waals surface area contributed by atoms with E-state index in [1.54, 1.807) is 13.8 Å². The summed E-state index contributed by atoms with van der Waals surface area (Å²) < 4.78 is 10.7. The zero-order chi connectivity index (χ0) is 24.8. The first-order valence-corrected chi connectivity index (χ1v) is 10.6. The molecule has 0 aromatic heterocycles. The molecular formula is C20H36N2O10. The summed E-state index contributed by atoms with van der Waals surface area (Å²) in [5, 5.41) is 42.4. The molecular weight excluding hydrogens is 428 g/mol. The topological polar surface area (TPSA) is 192 Å². The van der Waals surface area contributed by atoms with Crippen LogP contribution in [-0.4, -0.2) is 82.1 Å². The molecule has 32 heavy (non-hydrogen) atoms. The molecule has 0 spiro atoms. The number of aliphatic hydroxyl groups excluding tert-OH is 2. The predicted molar refractivity (Wildman–Crippen MR) is 111 cm³/mol. The van der Waals surface area contributed by atoms with Gasteiger partial charge in [-0.15, -0.1) is 0 Å². The highest BCUT2D eigenvalue weighted by Gasteiger charge is 2.34. The fraction of sp³-hybridized carbons (Fsp3) is 0.800. The van der Waals surface area contributed by atoms with Crippen molar-refractivity contribution in [1.82, 2.24) is 10.6 Å². The molecule has 0 saturated heterocycles. The van der Waals surface area contributed by atoms with Gasteiger partial charge in [-0.05, 0) is 12.8 Å². The second-order valence-corrected chi connectivity index (χ2v) is 7.55. The van der Waals surface area contributed by atoms with Crippen LogP contribution in [0.25, 0.3) is 0 Å². The summed E-state index contributed by atoms with van der Waals surface area (Å²) in [4.78, 5) is 46.0. The fourth-order valence-electron chi connectivity index (χ4n) is 2.41. The van der Waals surface area contributed by atoms with E-state index in [-0.39, 0.29) is 37.9 Å². The van der Waals surface area contributed by atoms with Crippen molar-refractivity contribution in [3.8, 4) is 0 Å². The highest BCUT2D eigenvalue weighted by molar-refractivity contribution is 5.90. The number of rotatable bonds is 17. The zero-order valence-corrected chi connectivity index (χ0v) is 18.9.